The summed E-state index contributed by atoms with van der Waals surface area (Å²) in [5.74, 6) is 0.999. The lowest BCUT2D eigenvalue weighted by Gasteiger charge is -2.15. The molecule has 1 aliphatic rings. The highest BCUT2D eigenvalue weighted by molar-refractivity contribution is 6.07. The Morgan fingerprint density at radius 3 is 2.76 bits per heavy atom. The van der Waals surface area contributed by atoms with Gasteiger partial charge in [-0.1, -0.05) is 18.2 Å². The van der Waals surface area contributed by atoms with Gasteiger partial charge in [-0.25, -0.2) is 0 Å². The molecule has 2 heteroatoms. The molecular formula is C15H12NO+. The third-order valence-corrected chi connectivity index (χ3v) is 3.56. The summed E-state index contributed by atoms with van der Waals surface area (Å²) in [6, 6.07) is 14.9. The molecular weight excluding hydrogens is 210 g/mol. The van der Waals surface area contributed by atoms with Gasteiger partial charge in [0.1, 0.15) is 5.75 Å². The summed E-state index contributed by atoms with van der Waals surface area (Å²) < 4.78 is 8.07. The Morgan fingerprint density at radius 2 is 1.82 bits per heavy atom. The number of hydrogen-bond acceptors (Lipinski definition) is 1. The molecule has 1 aromatic heterocycles. The second kappa shape index (κ2) is 2.98. The summed E-state index contributed by atoms with van der Waals surface area (Å²) in [6.07, 6.45) is 0. The second-order valence-electron chi connectivity index (χ2n) is 4.53. The highest BCUT2D eigenvalue weighted by Gasteiger charge is 2.23. The van der Waals surface area contributed by atoms with Gasteiger partial charge in [0.25, 0.3) is 6.73 Å². The smallest absolute Gasteiger partial charge is 0.292 e. The molecule has 0 saturated carbocycles. The van der Waals surface area contributed by atoms with E-state index in [0.29, 0.717) is 6.73 Å². The Labute approximate surface area is 99.1 Å². The van der Waals surface area contributed by atoms with Crippen molar-refractivity contribution < 1.29 is 9.30 Å². The lowest BCUT2D eigenvalue weighted by atomic mass is 10.0. The Kier molecular flexibility index (Phi) is 1.57. The van der Waals surface area contributed by atoms with Crippen molar-refractivity contribution in [2.45, 2.75) is 13.7 Å². The fraction of sp³-hybridized carbons (Fsp3) is 0.133. The first-order valence-electron chi connectivity index (χ1n) is 5.82. The predicted molar refractivity (Wildman–Crippen MR) is 67.0 cm³/mol. The average Bonchev–Trinajstić information content (AvgIpc) is 2.38. The van der Waals surface area contributed by atoms with Crippen LogP contribution in [0.5, 0.6) is 5.75 Å². The van der Waals surface area contributed by atoms with E-state index in [0.717, 1.165) is 5.75 Å². The summed E-state index contributed by atoms with van der Waals surface area (Å²) in [5.41, 5.74) is 2.53. The Morgan fingerprint density at radius 1 is 1.00 bits per heavy atom. The van der Waals surface area contributed by atoms with Crippen LogP contribution in [0.2, 0.25) is 0 Å². The second-order valence-corrected chi connectivity index (χ2v) is 4.53. The van der Waals surface area contributed by atoms with Crippen molar-refractivity contribution in [3.63, 3.8) is 0 Å². The number of benzene rings is 2. The molecule has 3 aromatic rings. The van der Waals surface area contributed by atoms with Crippen LogP contribution in [0.1, 0.15) is 5.69 Å². The zero-order valence-electron chi connectivity index (χ0n) is 9.60. The Balaban J connectivity index is 2.39. The van der Waals surface area contributed by atoms with E-state index in [4.69, 9.17) is 4.74 Å². The molecule has 0 bridgehead atoms. The van der Waals surface area contributed by atoms with Crippen molar-refractivity contribution in [1.82, 2.24) is 0 Å². The first kappa shape index (κ1) is 8.99. The van der Waals surface area contributed by atoms with Crippen LogP contribution in [-0.2, 0) is 6.73 Å². The number of pyridine rings is 1. The Hall–Kier alpha value is -2.09. The van der Waals surface area contributed by atoms with Gasteiger partial charge in [0, 0.05) is 18.4 Å². The number of aryl methyl sites for hydroxylation is 1. The minimum Gasteiger partial charge on any atom is -0.435 e. The van der Waals surface area contributed by atoms with Crippen molar-refractivity contribution in [3.8, 4) is 5.75 Å². The molecule has 0 unspecified atom stereocenters. The molecule has 0 spiro atoms. The van der Waals surface area contributed by atoms with Gasteiger partial charge < -0.3 is 4.74 Å². The Bertz CT molecular complexity index is 762. The fourth-order valence-corrected chi connectivity index (χ4v) is 2.67. The number of ether oxygens (including phenoxy) is 1. The van der Waals surface area contributed by atoms with Crippen LogP contribution in [0.4, 0.5) is 0 Å². The largest absolute Gasteiger partial charge is 0.435 e. The van der Waals surface area contributed by atoms with E-state index < -0.39 is 0 Å². The van der Waals surface area contributed by atoms with Crippen molar-refractivity contribution in [1.29, 1.82) is 0 Å². The minimum absolute atomic E-state index is 0.610. The van der Waals surface area contributed by atoms with Gasteiger partial charge in [0.15, 0.2) is 5.69 Å². The molecule has 1 aliphatic heterocycles. The minimum atomic E-state index is 0.610. The molecule has 0 fully saturated rings. The highest BCUT2D eigenvalue weighted by Crippen LogP contribution is 2.33. The summed E-state index contributed by atoms with van der Waals surface area (Å²) in [5, 5.41) is 3.76. The molecule has 0 atom stereocenters. The van der Waals surface area contributed by atoms with E-state index in [1.165, 1.54) is 27.4 Å². The summed E-state index contributed by atoms with van der Waals surface area (Å²) in [6.45, 7) is 2.73. The molecule has 17 heavy (non-hydrogen) atoms. The zero-order chi connectivity index (χ0) is 11.4. The number of nitrogens with zero attached hydrogens (tertiary/aromatic N) is 1. The van der Waals surface area contributed by atoms with E-state index in [-0.39, 0.29) is 0 Å². The third kappa shape index (κ3) is 1.07. The lowest BCUT2D eigenvalue weighted by Crippen LogP contribution is -2.42. The first-order chi connectivity index (χ1) is 8.34. The number of hydrogen-bond donors (Lipinski definition) is 0. The van der Waals surface area contributed by atoms with Crippen LogP contribution < -0.4 is 9.30 Å². The van der Waals surface area contributed by atoms with E-state index in [9.17, 15) is 0 Å². The van der Waals surface area contributed by atoms with Crippen LogP contribution >= 0.6 is 0 Å². The van der Waals surface area contributed by atoms with Gasteiger partial charge >= 0.3 is 0 Å². The maximum Gasteiger partial charge on any atom is 0.292 e. The van der Waals surface area contributed by atoms with E-state index in [1.807, 2.05) is 6.07 Å². The van der Waals surface area contributed by atoms with Gasteiger partial charge in [-0.15, -0.1) is 0 Å². The summed E-state index contributed by atoms with van der Waals surface area (Å²) in [7, 11) is 0. The van der Waals surface area contributed by atoms with Gasteiger partial charge in [0.2, 0.25) is 5.52 Å². The van der Waals surface area contributed by atoms with Gasteiger partial charge in [0.05, 0.1) is 5.39 Å². The van der Waals surface area contributed by atoms with Crippen molar-refractivity contribution in [3.05, 3.63) is 48.2 Å². The maximum atomic E-state index is 5.83. The van der Waals surface area contributed by atoms with E-state index in [2.05, 4.69) is 47.9 Å². The van der Waals surface area contributed by atoms with Crippen LogP contribution in [0.25, 0.3) is 21.7 Å². The topological polar surface area (TPSA) is 13.1 Å². The average molecular weight is 222 g/mol. The van der Waals surface area contributed by atoms with Crippen LogP contribution in [0.3, 0.4) is 0 Å². The SMILES string of the molecule is Cc1ccc2ccc3cccc4c3c2[n+]1CO4. The standard InChI is InChI=1S/C15H12NO/c1-10-5-6-12-8-7-11-3-2-4-13-14(11)15(12)16(10)9-17-13/h2-8H,9H2,1H3/q+1. The van der Waals surface area contributed by atoms with Crippen molar-refractivity contribution in [2.75, 3.05) is 0 Å². The van der Waals surface area contributed by atoms with Gasteiger partial charge in [-0.05, 0) is 23.6 Å². The first-order valence-corrected chi connectivity index (χ1v) is 5.82. The molecule has 2 heterocycles. The molecule has 0 radical (unpaired) electrons. The quantitative estimate of drug-likeness (QED) is 0.421. The van der Waals surface area contributed by atoms with Gasteiger partial charge in [-0.2, -0.15) is 4.57 Å². The van der Waals surface area contributed by atoms with E-state index >= 15 is 0 Å². The zero-order valence-corrected chi connectivity index (χ0v) is 9.60. The summed E-state index contributed by atoms with van der Waals surface area (Å²) in [4.78, 5) is 0. The van der Waals surface area contributed by atoms with Gasteiger partial charge in [-0.3, -0.25) is 0 Å². The lowest BCUT2D eigenvalue weighted by molar-refractivity contribution is -0.707. The molecule has 2 aromatic carbocycles. The number of aromatic nitrogens is 1. The molecule has 0 saturated heterocycles. The third-order valence-electron chi connectivity index (χ3n) is 3.56. The fourth-order valence-electron chi connectivity index (χ4n) is 2.67. The number of rotatable bonds is 0. The molecule has 4 rings (SSSR count). The van der Waals surface area contributed by atoms with E-state index in [1.54, 1.807) is 0 Å². The summed E-state index contributed by atoms with van der Waals surface area (Å²) >= 11 is 0. The van der Waals surface area contributed by atoms with Crippen molar-refractivity contribution >= 4 is 21.7 Å². The normalized spacial score (nSPS) is 13.2. The molecule has 0 N–H and O–H groups in total. The van der Waals surface area contributed by atoms with Crippen LogP contribution in [-0.4, -0.2) is 0 Å². The van der Waals surface area contributed by atoms with Crippen LogP contribution in [0, 0.1) is 6.92 Å². The monoisotopic (exact) mass is 222 g/mol. The molecule has 2 nitrogen and oxygen atoms in total. The molecule has 0 aliphatic carbocycles. The highest BCUT2D eigenvalue weighted by atomic mass is 16.5. The van der Waals surface area contributed by atoms with Crippen molar-refractivity contribution in [2.24, 2.45) is 0 Å². The van der Waals surface area contributed by atoms with Crippen LogP contribution in [0.15, 0.2) is 42.5 Å². The molecule has 82 valence electrons. The predicted octanol–water partition coefficient (Wildman–Crippen LogP) is 2.94. The molecule has 0 amide bonds. The maximum absolute atomic E-state index is 5.83.